The van der Waals surface area contributed by atoms with E-state index < -0.39 is 11.4 Å². The van der Waals surface area contributed by atoms with Crippen molar-refractivity contribution in [2.75, 3.05) is 47.3 Å². The number of piperidine rings is 1. The van der Waals surface area contributed by atoms with Crippen LogP contribution in [0.25, 0.3) is 0 Å². The summed E-state index contributed by atoms with van der Waals surface area (Å²) in [5.74, 6) is -0.815. The van der Waals surface area contributed by atoms with E-state index in [0.29, 0.717) is 26.1 Å². The average molecular weight is 285 g/mol. The molecular formula is C14H27N3O3. The lowest BCUT2D eigenvalue weighted by Gasteiger charge is -2.39. The van der Waals surface area contributed by atoms with Crippen molar-refractivity contribution in [1.29, 1.82) is 0 Å². The molecular weight excluding hydrogens is 258 g/mol. The molecule has 0 aromatic rings. The highest BCUT2D eigenvalue weighted by molar-refractivity contribution is 5.78. The molecule has 1 saturated heterocycles. The van der Waals surface area contributed by atoms with Crippen LogP contribution in [0.2, 0.25) is 0 Å². The molecule has 0 aromatic carbocycles. The Balaban J connectivity index is 2.52. The molecule has 0 aliphatic carbocycles. The van der Waals surface area contributed by atoms with E-state index in [1.165, 1.54) is 0 Å². The van der Waals surface area contributed by atoms with Gasteiger partial charge in [-0.3, -0.25) is 4.79 Å². The zero-order chi connectivity index (χ0) is 15.3. The van der Waals surface area contributed by atoms with E-state index >= 15 is 0 Å². The zero-order valence-electron chi connectivity index (χ0n) is 13.1. The molecule has 6 nitrogen and oxygen atoms in total. The molecule has 1 heterocycles. The molecule has 0 spiro atoms. The summed E-state index contributed by atoms with van der Waals surface area (Å²) < 4.78 is 0. The molecule has 1 unspecified atom stereocenters. The van der Waals surface area contributed by atoms with E-state index in [1.54, 1.807) is 23.8 Å². The van der Waals surface area contributed by atoms with E-state index in [2.05, 4.69) is 4.90 Å². The van der Waals surface area contributed by atoms with Gasteiger partial charge in [-0.2, -0.15) is 0 Å². The summed E-state index contributed by atoms with van der Waals surface area (Å²) in [4.78, 5) is 29.1. The van der Waals surface area contributed by atoms with Crippen LogP contribution in [0, 0.1) is 5.41 Å². The van der Waals surface area contributed by atoms with Crippen LogP contribution in [0.1, 0.15) is 26.2 Å². The van der Waals surface area contributed by atoms with Crippen molar-refractivity contribution in [1.82, 2.24) is 14.7 Å². The van der Waals surface area contributed by atoms with Gasteiger partial charge in [-0.1, -0.05) is 0 Å². The van der Waals surface area contributed by atoms with E-state index in [0.717, 1.165) is 19.4 Å². The minimum absolute atomic E-state index is 0.0593. The van der Waals surface area contributed by atoms with Crippen molar-refractivity contribution in [2.45, 2.75) is 26.2 Å². The summed E-state index contributed by atoms with van der Waals surface area (Å²) in [7, 11) is 5.79. The molecule has 1 rings (SSSR count). The summed E-state index contributed by atoms with van der Waals surface area (Å²) in [6, 6.07) is -0.0593. The Kier molecular flexibility index (Phi) is 5.80. The number of nitrogens with zero attached hydrogens (tertiary/aromatic N) is 3. The fourth-order valence-electron chi connectivity index (χ4n) is 2.54. The van der Waals surface area contributed by atoms with Crippen molar-refractivity contribution in [3.63, 3.8) is 0 Å². The van der Waals surface area contributed by atoms with Crippen molar-refractivity contribution in [3.05, 3.63) is 0 Å². The van der Waals surface area contributed by atoms with E-state index in [-0.39, 0.29) is 6.03 Å². The number of hydrogen-bond acceptors (Lipinski definition) is 3. The number of aliphatic carboxylic acids is 1. The van der Waals surface area contributed by atoms with Crippen LogP contribution in [0.4, 0.5) is 4.79 Å². The van der Waals surface area contributed by atoms with Crippen molar-refractivity contribution in [2.24, 2.45) is 5.41 Å². The van der Waals surface area contributed by atoms with Crippen molar-refractivity contribution < 1.29 is 14.7 Å². The van der Waals surface area contributed by atoms with Gasteiger partial charge in [-0.05, 0) is 46.8 Å². The first-order valence-electron chi connectivity index (χ1n) is 7.14. The molecule has 6 heteroatoms. The van der Waals surface area contributed by atoms with E-state index in [9.17, 15) is 14.7 Å². The lowest BCUT2D eigenvalue weighted by molar-refractivity contribution is -0.150. The van der Waals surface area contributed by atoms with Gasteiger partial charge in [0.2, 0.25) is 0 Å². The summed E-state index contributed by atoms with van der Waals surface area (Å²) in [5.41, 5.74) is -0.807. The van der Waals surface area contributed by atoms with Gasteiger partial charge in [0.05, 0.1) is 5.41 Å². The second kappa shape index (κ2) is 6.92. The standard InChI is InChI=1S/C14H27N3O3/c1-14(12(18)19)7-5-10-17(11-14)13(20)16(4)9-6-8-15(2)3/h5-11H2,1-4H3,(H,18,19). The molecule has 1 aliphatic heterocycles. The summed E-state index contributed by atoms with van der Waals surface area (Å²) in [5, 5.41) is 9.28. The van der Waals surface area contributed by atoms with Crippen LogP contribution in [-0.4, -0.2) is 79.1 Å². The molecule has 0 bridgehead atoms. The minimum Gasteiger partial charge on any atom is -0.481 e. The van der Waals surface area contributed by atoms with Crippen LogP contribution in [-0.2, 0) is 4.79 Å². The topological polar surface area (TPSA) is 64.1 Å². The van der Waals surface area contributed by atoms with Crippen LogP contribution in [0.3, 0.4) is 0 Å². The van der Waals surface area contributed by atoms with Crippen LogP contribution < -0.4 is 0 Å². The fraction of sp³-hybridized carbons (Fsp3) is 0.857. The molecule has 1 aliphatic rings. The molecule has 2 amide bonds. The zero-order valence-corrected chi connectivity index (χ0v) is 13.1. The first kappa shape index (κ1) is 16.8. The Hall–Kier alpha value is -1.30. The number of rotatable bonds is 5. The number of hydrogen-bond donors (Lipinski definition) is 1. The van der Waals surface area contributed by atoms with Gasteiger partial charge in [0.15, 0.2) is 0 Å². The van der Waals surface area contributed by atoms with Gasteiger partial charge >= 0.3 is 12.0 Å². The highest BCUT2D eigenvalue weighted by Crippen LogP contribution is 2.30. The third kappa shape index (κ3) is 4.37. The van der Waals surface area contributed by atoms with Crippen molar-refractivity contribution in [3.8, 4) is 0 Å². The molecule has 1 atom stereocenters. The van der Waals surface area contributed by atoms with Crippen LogP contribution >= 0.6 is 0 Å². The first-order valence-corrected chi connectivity index (χ1v) is 7.14. The molecule has 0 aromatic heterocycles. The second-order valence-electron chi connectivity index (χ2n) is 6.25. The summed E-state index contributed by atoms with van der Waals surface area (Å²) in [6.45, 7) is 4.31. The normalized spacial score (nSPS) is 22.9. The van der Waals surface area contributed by atoms with Crippen molar-refractivity contribution >= 4 is 12.0 Å². The lowest BCUT2D eigenvalue weighted by atomic mass is 9.82. The number of carbonyl (C=O) groups excluding carboxylic acids is 1. The molecule has 0 saturated carbocycles. The number of carbonyl (C=O) groups is 2. The molecule has 116 valence electrons. The Labute approximate surface area is 121 Å². The maximum atomic E-state index is 12.3. The molecule has 1 N–H and O–H groups in total. The van der Waals surface area contributed by atoms with Gasteiger partial charge in [-0.25, -0.2) is 4.79 Å². The number of amides is 2. The Morgan fingerprint density at radius 3 is 2.45 bits per heavy atom. The second-order valence-corrected chi connectivity index (χ2v) is 6.25. The summed E-state index contributed by atoms with van der Waals surface area (Å²) >= 11 is 0. The lowest BCUT2D eigenvalue weighted by Crippen LogP contribution is -2.52. The van der Waals surface area contributed by atoms with Gasteiger partial charge in [-0.15, -0.1) is 0 Å². The average Bonchev–Trinajstić information content (AvgIpc) is 2.37. The molecule has 0 radical (unpaired) electrons. The number of carboxylic acid groups (broad SMARTS) is 1. The molecule has 1 fully saturated rings. The van der Waals surface area contributed by atoms with Gasteiger partial charge in [0.1, 0.15) is 0 Å². The minimum atomic E-state index is -0.815. The van der Waals surface area contributed by atoms with Gasteiger partial charge in [0.25, 0.3) is 0 Å². The molecule has 20 heavy (non-hydrogen) atoms. The maximum Gasteiger partial charge on any atom is 0.319 e. The Bertz CT molecular complexity index is 360. The predicted molar refractivity (Wildman–Crippen MR) is 77.7 cm³/mol. The van der Waals surface area contributed by atoms with Crippen LogP contribution in [0.15, 0.2) is 0 Å². The van der Waals surface area contributed by atoms with E-state index in [1.807, 2.05) is 14.1 Å². The first-order chi connectivity index (χ1) is 9.26. The fourth-order valence-corrected chi connectivity index (χ4v) is 2.54. The predicted octanol–water partition coefficient (Wildman–Crippen LogP) is 1.18. The quantitative estimate of drug-likeness (QED) is 0.824. The van der Waals surface area contributed by atoms with E-state index in [4.69, 9.17) is 0 Å². The largest absolute Gasteiger partial charge is 0.481 e. The highest BCUT2D eigenvalue weighted by atomic mass is 16.4. The monoisotopic (exact) mass is 285 g/mol. The Morgan fingerprint density at radius 1 is 1.25 bits per heavy atom. The third-order valence-corrected chi connectivity index (χ3v) is 3.91. The van der Waals surface area contributed by atoms with Gasteiger partial charge in [0, 0.05) is 26.7 Å². The maximum absolute atomic E-state index is 12.3. The summed E-state index contributed by atoms with van der Waals surface area (Å²) in [6.07, 6.45) is 2.30. The Morgan fingerprint density at radius 2 is 1.90 bits per heavy atom. The number of carboxylic acids is 1. The van der Waals surface area contributed by atoms with Gasteiger partial charge < -0.3 is 19.8 Å². The SMILES string of the molecule is CN(C)CCCN(C)C(=O)N1CCCC(C)(C(=O)O)C1. The highest BCUT2D eigenvalue weighted by Gasteiger charge is 2.39. The number of likely N-dealkylation sites (tertiary alicyclic amines) is 1. The van der Waals surface area contributed by atoms with Crippen LogP contribution in [0.5, 0.6) is 0 Å². The smallest absolute Gasteiger partial charge is 0.319 e. The number of urea groups is 1. The third-order valence-electron chi connectivity index (χ3n) is 3.91.